The third kappa shape index (κ3) is 3.00. The Morgan fingerprint density at radius 1 is 1.13 bits per heavy atom. The zero-order chi connectivity index (χ0) is 15.8. The van der Waals surface area contributed by atoms with Gasteiger partial charge in [0, 0.05) is 29.0 Å². The first-order valence-corrected chi connectivity index (χ1v) is 8.78. The van der Waals surface area contributed by atoms with Crippen LogP contribution in [0.15, 0.2) is 33.5 Å². The summed E-state index contributed by atoms with van der Waals surface area (Å²) in [6.07, 6.45) is 6.89. The van der Waals surface area contributed by atoms with Gasteiger partial charge in [-0.05, 0) is 37.3 Å². The van der Waals surface area contributed by atoms with Crippen LogP contribution in [0.4, 0.5) is 0 Å². The molecule has 4 heteroatoms. The maximum Gasteiger partial charge on any atom is 0.336 e. The van der Waals surface area contributed by atoms with Gasteiger partial charge in [-0.1, -0.05) is 12.8 Å². The molecular formula is C19H24NO3+. The second-order valence-electron chi connectivity index (χ2n) is 7.25. The van der Waals surface area contributed by atoms with Crippen molar-refractivity contribution in [3.05, 3.63) is 40.2 Å². The average Bonchev–Trinajstić information content (AvgIpc) is 2.54. The van der Waals surface area contributed by atoms with Gasteiger partial charge in [0.05, 0.1) is 13.1 Å². The number of hydrogen-bond acceptors (Lipinski definition) is 3. The van der Waals surface area contributed by atoms with Crippen molar-refractivity contribution in [1.82, 2.24) is 0 Å². The summed E-state index contributed by atoms with van der Waals surface area (Å²) in [7, 11) is 0. The van der Waals surface area contributed by atoms with Crippen molar-refractivity contribution >= 4 is 11.0 Å². The monoisotopic (exact) mass is 314 g/mol. The van der Waals surface area contributed by atoms with Gasteiger partial charge in [-0.3, -0.25) is 0 Å². The van der Waals surface area contributed by atoms with Gasteiger partial charge in [0.1, 0.15) is 17.9 Å². The smallest absolute Gasteiger partial charge is 0.336 e. The van der Waals surface area contributed by atoms with Crippen LogP contribution in [0.25, 0.3) is 11.0 Å². The summed E-state index contributed by atoms with van der Waals surface area (Å²) in [5, 5.41) is 10.5. The zero-order valence-corrected chi connectivity index (χ0v) is 13.4. The van der Waals surface area contributed by atoms with Gasteiger partial charge in [-0.25, -0.2) is 4.79 Å². The Morgan fingerprint density at radius 3 is 2.83 bits per heavy atom. The number of piperidine rings is 1. The number of fused-ring (bicyclic) bond motifs is 2. The number of likely N-dealkylation sites (tertiary alicyclic amines) is 1. The minimum Gasteiger partial charge on any atom is -0.508 e. The lowest BCUT2D eigenvalue weighted by atomic mass is 9.75. The van der Waals surface area contributed by atoms with Gasteiger partial charge in [0.15, 0.2) is 0 Å². The molecule has 2 aliphatic rings. The van der Waals surface area contributed by atoms with Crippen molar-refractivity contribution in [2.75, 3.05) is 13.1 Å². The largest absolute Gasteiger partial charge is 0.508 e. The van der Waals surface area contributed by atoms with Crippen LogP contribution in [-0.4, -0.2) is 18.2 Å². The van der Waals surface area contributed by atoms with E-state index in [1.807, 2.05) is 6.07 Å². The van der Waals surface area contributed by atoms with Crippen LogP contribution in [0.1, 0.15) is 37.7 Å². The molecule has 1 saturated carbocycles. The molecule has 0 radical (unpaired) electrons. The molecule has 1 aliphatic heterocycles. The van der Waals surface area contributed by atoms with Crippen molar-refractivity contribution in [3.8, 4) is 5.75 Å². The van der Waals surface area contributed by atoms with Crippen LogP contribution in [0.5, 0.6) is 5.75 Å². The molecule has 4 rings (SSSR count). The first kappa shape index (κ1) is 14.8. The molecule has 2 aromatic rings. The lowest BCUT2D eigenvalue weighted by Gasteiger charge is -2.39. The van der Waals surface area contributed by atoms with Crippen molar-refractivity contribution in [1.29, 1.82) is 0 Å². The van der Waals surface area contributed by atoms with Crippen LogP contribution in [0.3, 0.4) is 0 Å². The van der Waals surface area contributed by atoms with Gasteiger partial charge < -0.3 is 14.4 Å². The summed E-state index contributed by atoms with van der Waals surface area (Å²) < 4.78 is 5.23. The molecule has 0 amide bonds. The molecule has 122 valence electrons. The van der Waals surface area contributed by atoms with Gasteiger partial charge in [-0.15, -0.1) is 0 Å². The van der Waals surface area contributed by atoms with E-state index in [1.54, 1.807) is 17.0 Å². The maximum atomic E-state index is 11.8. The lowest BCUT2D eigenvalue weighted by Crippen LogP contribution is -3.12. The number of benzene rings is 1. The number of hydrogen-bond donors (Lipinski definition) is 2. The molecule has 3 atom stereocenters. The predicted octanol–water partition coefficient (Wildman–Crippen LogP) is 2.09. The van der Waals surface area contributed by atoms with E-state index in [2.05, 4.69) is 0 Å². The van der Waals surface area contributed by atoms with Crippen LogP contribution >= 0.6 is 0 Å². The molecule has 4 nitrogen and oxygen atoms in total. The fourth-order valence-electron chi connectivity index (χ4n) is 4.59. The molecule has 1 aliphatic carbocycles. The van der Waals surface area contributed by atoms with Crippen molar-refractivity contribution in [2.24, 2.45) is 11.8 Å². The highest BCUT2D eigenvalue weighted by Gasteiger charge is 2.33. The second kappa shape index (κ2) is 6.00. The molecule has 2 fully saturated rings. The quantitative estimate of drug-likeness (QED) is 0.835. The first-order chi connectivity index (χ1) is 11.2. The highest BCUT2D eigenvalue weighted by Crippen LogP contribution is 2.32. The Kier molecular flexibility index (Phi) is 3.85. The number of phenolic OH excluding ortho intramolecular Hbond substituents is 1. The van der Waals surface area contributed by atoms with E-state index in [4.69, 9.17) is 4.42 Å². The molecule has 0 bridgehead atoms. The number of rotatable bonds is 2. The van der Waals surface area contributed by atoms with E-state index in [-0.39, 0.29) is 11.4 Å². The molecule has 1 unspecified atom stereocenters. The van der Waals surface area contributed by atoms with Gasteiger partial charge in [-0.2, -0.15) is 0 Å². The van der Waals surface area contributed by atoms with E-state index in [1.165, 1.54) is 51.3 Å². The zero-order valence-electron chi connectivity index (χ0n) is 13.4. The minimum atomic E-state index is -0.329. The highest BCUT2D eigenvalue weighted by molar-refractivity contribution is 5.81. The number of phenols is 1. The molecule has 1 saturated heterocycles. The average molecular weight is 314 g/mol. The second-order valence-corrected chi connectivity index (χ2v) is 7.25. The third-order valence-corrected chi connectivity index (χ3v) is 5.74. The van der Waals surface area contributed by atoms with E-state index in [9.17, 15) is 9.90 Å². The highest BCUT2D eigenvalue weighted by atomic mass is 16.4. The molecular weight excluding hydrogens is 290 g/mol. The van der Waals surface area contributed by atoms with E-state index in [0.29, 0.717) is 5.58 Å². The van der Waals surface area contributed by atoms with Crippen LogP contribution in [0.2, 0.25) is 0 Å². The Labute approximate surface area is 135 Å². The summed E-state index contributed by atoms with van der Waals surface area (Å²) in [6, 6.07) is 6.67. The predicted molar refractivity (Wildman–Crippen MR) is 88.6 cm³/mol. The van der Waals surface area contributed by atoms with Crippen molar-refractivity contribution < 1.29 is 14.4 Å². The number of aromatic hydroxyl groups is 1. The number of nitrogens with one attached hydrogen (secondary N) is 1. The van der Waals surface area contributed by atoms with E-state index >= 15 is 0 Å². The summed E-state index contributed by atoms with van der Waals surface area (Å²) in [6.45, 7) is 3.29. The van der Waals surface area contributed by atoms with E-state index in [0.717, 1.165) is 29.3 Å². The summed E-state index contributed by atoms with van der Waals surface area (Å²) >= 11 is 0. The SMILES string of the molecule is O=c1cc(C[NH+]2CC[C@H]3CCCC[C@@H]3C2)c2ccc(O)cc2o1. The lowest BCUT2D eigenvalue weighted by molar-refractivity contribution is -0.924. The van der Waals surface area contributed by atoms with Crippen molar-refractivity contribution in [2.45, 2.75) is 38.6 Å². The topological polar surface area (TPSA) is 54.9 Å². The van der Waals surface area contributed by atoms with Gasteiger partial charge in [0.2, 0.25) is 0 Å². The summed E-state index contributed by atoms with van der Waals surface area (Å²) in [5.41, 5.74) is 1.20. The van der Waals surface area contributed by atoms with Crippen LogP contribution in [-0.2, 0) is 6.54 Å². The summed E-state index contributed by atoms with van der Waals surface area (Å²) in [4.78, 5) is 13.4. The molecule has 23 heavy (non-hydrogen) atoms. The summed E-state index contributed by atoms with van der Waals surface area (Å²) in [5.74, 6) is 1.93. The maximum absolute atomic E-state index is 11.8. The molecule has 2 heterocycles. The van der Waals surface area contributed by atoms with Crippen molar-refractivity contribution in [3.63, 3.8) is 0 Å². The molecule has 0 spiro atoms. The molecule has 1 aromatic carbocycles. The minimum absolute atomic E-state index is 0.133. The Morgan fingerprint density at radius 2 is 1.96 bits per heavy atom. The van der Waals surface area contributed by atoms with Crippen LogP contribution in [0, 0.1) is 11.8 Å². The Hall–Kier alpha value is -1.81. The van der Waals surface area contributed by atoms with Gasteiger partial charge >= 0.3 is 5.63 Å². The Bertz CT molecular complexity index is 767. The third-order valence-electron chi connectivity index (χ3n) is 5.74. The Balaban J connectivity index is 1.59. The first-order valence-electron chi connectivity index (χ1n) is 8.78. The normalized spacial score (nSPS) is 27.7. The van der Waals surface area contributed by atoms with Gasteiger partial charge in [0.25, 0.3) is 0 Å². The standard InChI is InChI=1S/C19H23NO3/c21-16-5-6-17-15(9-19(22)23-18(17)10-16)12-20-8-7-13-3-1-2-4-14(13)11-20/h5-6,9-10,13-14,21H,1-4,7-8,11-12H2/p+1/t13-,14-/m1/s1. The van der Waals surface area contributed by atoms with Crippen LogP contribution < -0.4 is 10.5 Å². The molecule has 1 aromatic heterocycles. The van der Waals surface area contributed by atoms with E-state index < -0.39 is 0 Å². The number of quaternary nitrogens is 1. The fraction of sp³-hybridized carbons (Fsp3) is 0.526. The fourth-order valence-corrected chi connectivity index (χ4v) is 4.59. The molecule has 2 N–H and O–H groups in total.